The van der Waals surface area contributed by atoms with Crippen molar-refractivity contribution in [3.63, 3.8) is 0 Å². The highest BCUT2D eigenvalue weighted by Crippen LogP contribution is 2.36. The van der Waals surface area contributed by atoms with E-state index in [0.29, 0.717) is 6.04 Å². The molecule has 1 atom stereocenters. The van der Waals surface area contributed by atoms with Gasteiger partial charge in [-0.2, -0.15) is 0 Å². The molecular formula is C13H18N2O2. The first-order valence-electron chi connectivity index (χ1n) is 6.40. The van der Waals surface area contributed by atoms with Gasteiger partial charge >= 0.3 is 0 Å². The summed E-state index contributed by atoms with van der Waals surface area (Å²) >= 11 is 0. The number of hydrogen-bond acceptors (Lipinski definition) is 2. The molecule has 0 unspecified atom stereocenters. The standard InChI is InChI=1S/C13H18N2O2/c16-9-11-3-1-8-15(11)13(17)12-4-2-7-14(12)10-5-6-10/h2,4,7,10-11,16H,1,3,5-6,8-9H2/t11-/m0/s1. The predicted molar refractivity (Wildman–Crippen MR) is 63.8 cm³/mol. The summed E-state index contributed by atoms with van der Waals surface area (Å²) in [7, 11) is 0. The van der Waals surface area contributed by atoms with E-state index in [1.807, 2.05) is 23.2 Å². The number of carbonyl (C=O) groups excluding carboxylic acids is 1. The Hall–Kier alpha value is -1.29. The predicted octanol–water partition coefficient (Wildman–Crippen LogP) is 1.42. The van der Waals surface area contributed by atoms with Crippen molar-refractivity contribution in [2.24, 2.45) is 0 Å². The van der Waals surface area contributed by atoms with Gasteiger partial charge in [0.15, 0.2) is 0 Å². The van der Waals surface area contributed by atoms with E-state index in [1.54, 1.807) is 0 Å². The number of carbonyl (C=O) groups is 1. The second kappa shape index (κ2) is 4.18. The Morgan fingerprint density at radius 2 is 2.24 bits per heavy atom. The zero-order valence-corrected chi connectivity index (χ0v) is 9.88. The molecule has 1 aliphatic heterocycles. The number of nitrogens with zero attached hydrogens (tertiary/aromatic N) is 2. The molecule has 1 saturated heterocycles. The maximum absolute atomic E-state index is 12.4. The minimum Gasteiger partial charge on any atom is -0.394 e. The highest BCUT2D eigenvalue weighted by Gasteiger charge is 2.32. The first-order valence-corrected chi connectivity index (χ1v) is 6.40. The summed E-state index contributed by atoms with van der Waals surface area (Å²) in [6, 6.07) is 4.38. The summed E-state index contributed by atoms with van der Waals surface area (Å²) in [5, 5.41) is 9.27. The Bertz CT molecular complexity index is 423. The van der Waals surface area contributed by atoms with E-state index in [-0.39, 0.29) is 18.6 Å². The number of amides is 1. The topological polar surface area (TPSA) is 45.5 Å². The van der Waals surface area contributed by atoms with Crippen molar-refractivity contribution >= 4 is 5.91 Å². The molecule has 0 aromatic carbocycles. The van der Waals surface area contributed by atoms with Gasteiger partial charge in [-0.25, -0.2) is 0 Å². The van der Waals surface area contributed by atoms with Crippen molar-refractivity contribution in [2.45, 2.75) is 37.8 Å². The molecule has 0 bridgehead atoms. The second-order valence-corrected chi connectivity index (χ2v) is 5.01. The van der Waals surface area contributed by atoms with E-state index in [0.717, 1.165) is 25.1 Å². The van der Waals surface area contributed by atoms with E-state index in [4.69, 9.17) is 0 Å². The molecule has 92 valence electrons. The van der Waals surface area contributed by atoms with Crippen LogP contribution in [0, 0.1) is 0 Å². The molecule has 1 aromatic heterocycles. The summed E-state index contributed by atoms with van der Waals surface area (Å²) in [6.45, 7) is 0.857. The van der Waals surface area contributed by atoms with Crippen molar-refractivity contribution in [2.75, 3.05) is 13.2 Å². The number of aliphatic hydroxyl groups is 1. The van der Waals surface area contributed by atoms with Gasteiger partial charge in [0.25, 0.3) is 5.91 Å². The number of aromatic nitrogens is 1. The number of rotatable bonds is 3. The first kappa shape index (κ1) is 10.8. The summed E-state index contributed by atoms with van der Waals surface area (Å²) in [5.41, 5.74) is 0.785. The minimum atomic E-state index is 0.0186. The summed E-state index contributed by atoms with van der Waals surface area (Å²) < 4.78 is 2.09. The van der Waals surface area contributed by atoms with Crippen LogP contribution in [-0.2, 0) is 0 Å². The zero-order valence-electron chi connectivity index (χ0n) is 9.88. The average molecular weight is 234 g/mol. The van der Waals surface area contributed by atoms with Crippen LogP contribution in [0.4, 0.5) is 0 Å². The fourth-order valence-electron chi connectivity index (χ4n) is 2.69. The van der Waals surface area contributed by atoms with Crippen LogP contribution in [0.1, 0.15) is 42.2 Å². The summed E-state index contributed by atoms with van der Waals surface area (Å²) in [4.78, 5) is 14.3. The SMILES string of the molecule is O=C(c1cccn1C1CC1)N1CCC[C@H]1CO. The third-order valence-corrected chi connectivity index (χ3v) is 3.79. The van der Waals surface area contributed by atoms with E-state index in [1.165, 1.54) is 12.8 Å². The third-order valence-electron chi connectivity index (χ3n) is 3.79. The van der Waals surface area contributed by atoms with Crippen molar-refractivity contribution in [3.8, 4) is 0 Å². The molecule has 2 aliphatic rings. The fraction of sp³-hybridized carbons (Fsp3) is 0.615. The van der Waals surface area contributed by atoms with Gasteiger partial charge in [0.2, 0.25) is 0 Å². The molecule has 1 amide bonds. The van der Waals surface area contributed by atoms with E-state index >= 15 is 0 Å². The van der Waals surface area contributed by atoms with Gasteiger partial charge in [0, 0.05) is 18.8 Å². The molecule has 1 aromatic rings. The van der Waals surface area contributed by atoms with E-state index in [2.05, 4.69) is 4.57 Å². The lowest BCUT2D eigenvalue weighted by molar-refractivity contribution is 0.0666. The smallest absolute Gasteiger partial charge is 0.270 e. The van der Waals surface area contributed by atoms with Crippen molar-refractivity contribution < 1.29 is 9.90 Å². The molecule has 3 rings (SSSR count). The van der Waals surface area contributed by atoms with Crippen molar-refractivity contribution in [3.05, 3.63) is 24.0 Å². The Morgan fingerprint density at radius 1 is 1.41 bits per heavy atom. The Kier molecular flexibility index (Phi) is 2.67. The molecule has 1 saturated carbocycles. The van der Waals surface area contributed by atoms with Crippen molar-refractivity contribution in [1.82, 2.24) is 9.47 Å². The Morgan fingerprint density at radius 3 is 2.94 bits per heavy atom. The number of hydrogen-bond donors (Lipinski definition) is 1. The van der Waals surface area contributed by atoms with Crippen LogP contribution in [0.5, 0.6) is 0 Å². The van der Waals surface area contributed by atoms with Gasteiger partial charge < -0.3 is 14.6 Å². The highest BCUT2D eigenvalue weighted by atomic mass is 16.3. The van der Waals surface area contributed by atoms with Gasteiger partial charge in [-0.15, -0.1) is 0 Å². The summed E-state index contributed by atoms with van der Waals surface area (Å²) in [5.74, 6) is 0.0819. The average Bonchev–Trinajstić information content (AvgIpc) is 2.92. The van der Waals surface area contributed by atoms with Crippen LogP contribution in [0.15, 0.2) is 18.3 Å². The molecule has 1 N–H and O–H groups in total. The van der Waals surface area contributed by atoms with Gasteiger partial charge in [-0.3, -0.25) is 4.79 Å². The molecule has 0 spiro atoms. The van der Waals surface area contributed by atoms with Crippen LogP contribution in [0.3, 0.4) is 0 Å². The van der Waals surface area contributed by atoms with Crippen LogP contribution in [0.25, 0.3) is 0 Å². The lowest BCUT2D eigenvalue weighted by Crippen LogP contribution is -2.38. The Balaban J connectivity index is 1.83. The molecule has 4 heteroatoms. The van der Waals surface area contributed by atoms with Crippen LogP contribution in [-0.4, -0.2) is 39.7 Å². The molecule has 2 fully saturated rings. The summed E-state index contributed by atoms with van der Waals surface area (Å²) in [6.07, 6.45) is 6.28. The zero-order chi connectivity index (χ0) is 11.8. The number of aliphatic hydroxyl groups excluding tert-OH is 1. The minimum absolute atomic E-state index is 0.0186. The monoisotopic (exact) mass is 234 g/mol. The maximum Gasteiger partial charge on any atom is 0.270 e. The van der Waals surface area contributed by atoms with Gasteiger partial charge in [-0.05, 0) is 37.8 Å². The van der Waals surface area contributed by atoms with Gasteiger partial charge in [0.1, 0.15) is 5.69 Å². The van der Waals surface area contributed by atoms with Crippen molar-refractivity contribution in [1.29, 1.82) is 0 Å². The second-order valence-electron chi connectivity index (χ2n) is 5.01. The van der Waals surface area contributed by atoms with E-state index in [9.17, 15) is 9.90 Å². The lowest BCUT2D eigenvalue weighted by atomic mass is 10.2. The molecule has 0 radical (unpaired) electrons. The lowest BCUT2D eigenvalue weighted by Gasteiger charge is -2.23. The van der Waals surface area contributed by atoms with Gasteiger partial charge in [0.05, 0.1) is 12.6 Å². The first-order chi connectivity index (χ1) is 8.31. The van der Waals surface area contributed by atoms with Crippen LogP contribution in [0.2, 0.25) is 0 Å². The molecule has 4 nitrogen and oxygen atoms in total. The van der Waals surface area contributed by atoms with Crippen LogP contribution < -0.4 is 0 Å². The molecule has 17 heavy (non-hydrogen) atoms. The normalized spacial score (nSPS) is 24.3. The molecular weight excluding hydrogens is 216 g/mol. The molecule has 2 heterocycles. The maximum atomic E-state index is 12.4. The largest absolute Gasteiger partial charge is 0.394 e. The number of likely N-dealkylation sites (tertiary alicyclic amines) is 1. The van der Waals surface area contributed by atoms with E-state index < -0.39 is 0 Å². The highest BCUT2D eigenvalue weighted by molar-refractivity contribution is 5.93. The Labute approximate surface area is 101 Å². The quantitative estimate of drug-likeness (QED) is 0.859. The fourth-order valence-corrected chi connectivity index (χ4v) is 2.69. The van der Waals surface area contributed by atoms with Gasteiger partial charge in [-0.1, -0.05) is 0 Å². The third kappa shape index (κ3) is 1.86. The van der Waals surface area contributed by atoms with Crippen LogP contribution >= 0.6 is 0 Å². The molecule has 1 aliphatic carbocycles.